The van der Waals surface area contributed by atoms with Crippen molar-refractivity contribution in [2.45, 2.75) is 13.8 Å². The van der Waals surface area contributed by atoms with Gasteiger partial charge in [0, 0.05) is 5.56 Å². The van der Waals surface area contributed by atoms with Gasteiger partial charge in [0.25, 0.3) is 0 Å². The van der Waals surface area contributed by atoms with E-state index in [1.54, 1.807) is 25.1 Å². The van der Waals surface area contributed by atoms with Gasteiger partial charge in [-0.05, 0) is 54.3 Å². The van der Waals surface area contributed by atoms with Crippen LogP contribution in [0.4, 0.5) is 5.82 Å². The molecule has 0 saturated carbocycles. The lowest BCUT2D eigenvalue weighted by molar-refractivity contribution is 0.475. The van der Waals surface area contributed by atoms with E-state index in [-0.39, 0.29) is 11.6 Å². The zero-order chi connectivity index (χ0) is 17.4. The fourth-order valence-corrected chi connectivity index (χ4v) is 2.98. The molecular formula is C19H14N4O. The predicted octanol–water partition coefficient (Wildman–Crippen LogP) is 3.40. The summed E-state index contributed by atoms with van der Waals surface area (Å²) in [6.45, 7) is 3.65. The number of anilines is 1. The van der Waals surface area contributed by atoms with E-state index in [4.69, 9.17) is 5.73 Å². The van der Waals surface area contributed by atoms with Crippen LogP contribution in [0.5, 0.6) is 5.75 Å². The largest absolute Gasteiger partial charge is 0.508 e. The van der Waals surface area contributed by atoms with Gasteiger partial charge in [0.2, 0.25) is 0 Å². The summed E-state index contributed by atoms with van der Waals surface area (Å²) in [5, 5.41) is 28.5. The Morgan fingerprint density at radius 3 is 2.58 bits per heavy atom. The normalized spacial score (nSPS) is 14.4. The summed E-state index contributed by atoms with van der Waals surface area (Å²) in [7, 11) is 0. The van der Waals surface area contributed by atoms with Gasteiger partial charge in [-0.2, -0.15) is 10.5 Å². The van der Waals surface area contributed by atoms with Gasteiger partial charge >= 0.3 is 0 Å². The van der Waals surface area contributed by atoms with Crippen molar-refractivity contribution >= 4 is 23.0 Å². The maximum atomic E-state index is 9.65. The molecule has 0 fully saturated rings. The first-order chi connectivity index (χ1) is 11.5. The second-order valence-corrected chi connectivity index (χ2v) is 5.60. The molecule has 3 rings (SSSR count). The topological polar surface area (TPSA) is 107 Å². The van der Waals surface area contributed by atoms with E-state index in [0.717, 1.165) is 22.3 Å². The standard InChI is InChI=1S/C19H14N4O/c1-10-14(7-12-4-3-5-13(24)6-12)17-11(2)16(9-21)19(22)23-18(17)15(10)8-20/h3-7,24H,1-2H3,(H2,22,23)/b14-7-. The quantitative estimate of drug-likeness (QED) is 0.839. The lowest BCUT2D eigenvalue weighted by Gasteiger charge is -2.11. The molecule has 3 N–H and O–H groups in total. The van der Waals surface area contributed by atoms with Crippen molar-refractivity contribution in [2.24, 2.45) is 0 Å². The lowest BCUT2D eigenvalue weighted by atomic mass is 9.95. The number of benzene rings is 1. The molecule has 0 saturated heterocycles. The maximum absolute atomic E-state index is 9.65. The van der Waals surface area contributed by atoms with Gasteiger partial charge in [-0.25, -0.2) is 4.98 Å². The van der Waals surface area contributed by atoms with Crippen LogP contribution < -0.4 is 5.73 Å². The number of hydrogen-bond acceptors (Lipinski definition) is 5. The number of aromatic hydroxyl groups is 1. The molecule has 1 heterocycles. The smallest absolute Gasteiger partial charge is 0.142 e. The second kappa shape index (κ2) is 5.57. The van der Waals surface area contributed by atoms with E-state index in [1.807, 2.05) is 19.1 Å². The summed E-state index contributed by atoms with van der Waals surface area (Å²) in [5.74, 6) is 0.294. The zero-order valence-electron chi connectivity index (χ0n) is 13.3. The van der Waals surface area contributed by atoms with Crippen LogP contribution >= 0.6 is 0 Å². The van der Waals surface area contributed by atoms with Crippen molar-refractivity contribution in [3.63, 3.8) is 0 Å². The van der Waals surface area contributed by atoms with Crippen molar-refractivity contribution in [1.82, 2.24) is 4.98 Å². The molecule has 5 heteroatoms. The molecule has 0 spiro atoms. The average Bonchev–Trinajstić information content (AvgIpc) is 2.79. The Morgan fingerprint density at radius 1 is 1.21 bits per heavy atom. The highest BCUT2D eigenvalue weighted by atomic mass is 16.3. The molecule has 1 aromatic heterocycles. The number of rotatable bonds is 1. The summed E-state index contributed by atoms with van der Waals surface area (Å²) < 4.78 is 0. The fourth-order valence-electron chi connectivity index (χ4n) is 2.98. The minimum absolute atomic E-state index is 0.132. The highest BCUT2D eigenvalue weighted by Gasteiger charge is 2.29. The number of phenolic OH excluding ortho intramolecular Hbond substituents is 1. The number of nitriles is 2. The molecular weight excluding hydrogens is 300 g/mol. The first-order valence-electron chi connectivity index (χ1n) is 7.31. The van der Waals surface area contributed by atoms with Gasteiger partial charge in [-0.3, -0.25) is 0 Å². The lowest BCUT2D eigenvalue weighted by Crippen LogP contribution is -2.03. The number of nitrogen functional groups attached to an aromatic ring is 1. The highest BCUT2D eigenvalue weighted by molar-refractivity contribution is 6.08. The molecule has 1 aromatic carbocycles. The first kappa shape index (κ1) is 15.3. The van der Waals surface area contributed by atoms with E-state index in [1.165, 1.54) is 0 Å². The Hall–Kier alpha value is -3.57. The monoisotopic (exact) mass is 314 g/mol. The molecule has 2 aromatic rings. The molecule has 1 aliphatic carbocycles. The van der Waals surface area contributed by atoms with Crippen LogP contribution in [0.3, 0.4) is 0 Å². The number of nitrogens with zero attached hydrogens (tertiary/aromatic N) is 3. The summed E-state index contributed by atoms with van der Waals surface area (Å²) >= 11 is 0. The van der Waals surface area contributed by atoms with Gasteiger partial charge in [-0.1, -0.05) is 12.1 Å². The number of allylic oxidation sites excluding steroid dienone is 3. The van der Waals surface area contributed by atoms with Gasteiger partial charge in [0.15, 0.2) is 0 Å². The Morgan fingerprint density at radius 2 is 1.96 bits per heavy atom. The zero-order valence-corrected chi connectivity index (χ0v) is 13.3. The number of hydrogen-bond donors (Lipinski definition) is 2. The minimum Gasteiger partial charge on any atom is -0.508 e. The van der Waals surface area contributed by atoms with Crippen molar-refractivity contribution in [3.05, 3.63) is 57.8 Å². The molecule has 0 amide bonds. The van der Waals surface area contributed by atoms with Crippen molar-refractivity contribution in [1.29, 1.82) is 10.5 Å². The molecule has 116 valence electrons. The van der Waals surface area contributed by atoms with Gasteiger partial charge in [0.05, 0.1) is 16.8 Å². The predicted molar refractivity (Wildman–Crippen MR) is 92.3 cm³/mol. The Bertz CT molecular complexity index is 1020. The molecule has 1 aliphatic rings. The molecule has 0 unspecified atom stereocenters. The number of nitrogens with two attached hydrogens (primary N) is 1. The van der Waals surface area contributed by atoms with Gasteiger partial charge in [0.1, 0.15) is 23.7 Å². The van der Waals surface area contributed by atoms with Gasteiger partial charge in [-0.15, -0.1) is 0 Å². The number of phenols is 1. The first-order valence-corrected chi connectivity index (χ1v) is 7.31. The third-order valence-corrected chi connectivity index (χ3v) is 4.17. The Labute approximate surface area is 139 Å². The summed E-state index contributed by atoms with van der Waals surface area (Å²) in [5.41, 5.74) is 11.0. The van der Waals surface area contributed by atoms with E-state index in [0.29, 0.717) is 22.4 Å². The van der Waals surface area contributed by atoms with Crippen LogP contribution in [0.2, 0.25) is 0 Å². The summed E-state index contributed by atoms with van der Waals surface area (Å²) in [6, 6.07) is 11.1. The van der Waals surface area contributed by atoms with Crippen LogP contribution in [-0.4, -0.2) is 10.1 Å². The van der Waals surface area contributed by atoms with Crippen LogP contribution in [0.1, 0.15) is 34.9 Å². The van der Waals surface area contributed by atoms with E-state index >= 15 is 0 Å². The summed E-state index contributed by atoms with van der Waals surface area (Å²) in [4.78, 5) is 4.28. The third kappa shape index (κ3) is 2.20. The molecule has 5 nitrogen and oxygen atoms in total. The molecule has 24 heavy (non-hydrogen) atoms. The van der Waals surface area contributed by atoms with Crippen LogP contribution in [-0.2, 0) is 0 Å². The van der Waals surface area contributed by atoms with Crippen molar-refractivity contribution < 1.29 is 5.11 Å². The van der Waals surface area contributed by atoms with Gasteiger partial charge < -0.3 is 10.8 Å². The third-order valence-electron chi connectivity index (χ3n) is 4.17. The fraction of sp³-hybridized carbons (Fsp3) is 0.105. The van der Waals surface area contributed by atoms with Crippen LogP contribution in [0.15, 0.2) is 29.8 Å². The second-order valence-electron chi connectivity index (χ2n) is 5.60. The number of pyridine rings is 1. The number of fused-ring (bicyclic) bond motifs is 1. The average molecular weight is 314 g/mol. The highest BCUT2D eigenvalue weighted by Crippen LogP contribution is 2.44. The van der Waals surface area contributed by atoms with E-state index in [2.05, 4.69) is 17.1 Å². The minimum atomic E-state index is 0.132. The summed E-state index contributed by atoms with van der Waals surface area (Å²) in [6.07, 6.45) is 1.88. The maximum Gasteiger partial charge on any atom is 0.142 e. The Kier molecular flexibility index (Phi) is 3.56. The van der Waals surface area contributed by atoms with E-state index < -0.39 is 0 Å². The molecule has 0 radical (unpaired) electrons. The molecule has 0 bridgehead atoms. The van der Waals surface area contributed by atoms with E-state index in [9.17, 15) is 15.6 Å². The Balaban J connectivity index is 2.34. The number of aromatic nitrogens is 1. The van der Waals surface area contributed by atoms with Crippen molar-refractivity contribution in [2.75, 3.05) is 5.73 Å². The SMILES string of the molecule is CC1=C(C#N)c2nc(N)c(C#N)c(C)c2/C1=C\c1cccc(O)c1. The molecule has 0 atom stereocenters. The van der Waals surface area contributed by atoms with Crippen molar-refractivity contribution in [3.8, 4) is 17.9 Å². The van der Waals surface area contributed by atoms with Crippen LogP contribution in [0.25, 0.3) is 17.2 Å². The molecule has 0 aliphatic heterocycles. The van der Waals surface area contributed by atoms with Crippen LogP contribution in [0, 0.1) is 29.6 Å².